The molecule has 1 atom stereocenters. The maximum absolute atomic E-state index is 13.7. The second-order valence-electron chi connectivity index (χ2n) is 9.47. The molecule has 222 valence electrons. The Hall–Kier alpha value is -3.90. The van der Waals surface area contributed by atoms with Gasteiger partial charge in [-0.25, -0.2) is 8.42 Å². The monoisotopic (exact) mass is 621 g/mol. The fraction of sp³-hybridized carbons (Fsp3) is 0.276. The first-order chi connectivity index (χ1) is 19.7. The van der Waals surface area contributed by atoms with Gasteiger partial charge in [0.1, 0.15) is 17.5 Å². The summed E-state index contributed by atoms with van der Waals surface area (Å²) in [7, 11) is -3.50. The minimum Gasteiger partial charge on any atom is -0.460 e. The number of hydrogen-bond donors (Lipinski definition) is 2. The van der Waals surface area contributed by atoms with Gasteiger partial charge in [0, 0.05) is 41.1 Å². The van der Waals surface area contributed by atoms with Crippen LogP contribution in [0.15, 0.2) is 64.0 Å². The van der Waals surface area contributed by atoms with E-state index in [0.717, 1.165) is 12.3 Å². The van der Waals surface area contributed by atoms with Crippen LogP contribution in [0.25, 0.3) is 11.0 Å². The molecule has 0 bridgehead atoms. The number of alkyl halides is 3. The van der Waals surface area contributed by atoms with Gasteiger partial charge in [-0.2, -0.15) is 13.2 Å². The zero-order valence-electron chi connectivity index (χ0n) is 22.8. The quantitative estimate of drug-likeness (QED) is 0.221. The molecule has 0 spiro atoms. The number of carbonyl (C=O) groups excluding carboxylic acids is 2. The predicted molar refractivity (Wildman–Crippen MR) is 151 cm³/mol. The molecule has 0 saturated heterocycles. The standard InChI is InChI=1S/C29H27ClF3N3O5S/c1-4-21-22-10-7-18(13-26(22)41-25(21)12-17-6-8-19(30)14-23(17)29(31,32)33)28(38)36-27(35-16(3)37)24-11-9-20(15-34-24)42(39,40)5-2/h6-11,13-15,27H,4-5,12H2,1-3H3,(H,35,37)(H,36,38). The highest BCUT2D eigenvalue weighted by Crippen LogP contribution is 2.36. The Balaban J connectivity index is 1.64. The number of amides is 2. The van der Waals surface area contributed by atoms with E-state index in [4.69, 9.17) is 16.0 Å². The van der Waals surface area contributed by atoms with Crippen LogP contribution in [0, 0.1) is 0 Å². The average molecular weight is 622 g/mol. The summed E-state index contributed by atoms with van der Waals surface area (Å²) in [6, 6.07) is 11.0. The lowest BCUT2D eigenvalue weighted by atomic mass is 9.99. The number of carbonyl (C=O) groups is 2. The van der Waals surface area contributed by atoms with Crippen LogP contribution < -0.4 is 10.6 Å². The minimum absolute atomic E-state index is 0.00188. The molecule has 4 aromatic rings. The van der Waals surface area contributed by atoms with Gasteiger partial charge in [0.25, 0.3) is 5.91 Å². The molecular weight excluding hydrogens is 595 g/mol. The molecule has 4 rings (SSSR count). The molecule has 0 radical (unpaired) electrons. The predicted octanol–water partition coefficient (Wildman–Crippen LogP) is 6.01. The first kappa shape index (κ1) is 31.0. The highest BCUT2D eigenvalue weighted by Gasteiger charge is 2.34. The van der Waals surface area contributed by atoms with E-state index in [2.05, 4.69) is 15.6 Å². The van der Waals surface area contributed by atoms with Crippen molar-refractivity contribution >= 4 is 44.2 Å². The summed E-state index contributed by atoms with van der Waals surface area (Å²) in [6.45, 7) is 4.61. The molecule has 2 aromatic carbocycles. The van der Waals surface area contributed by atoms with E-state index in [1.807, 2.05) is 6.92 Å². The lowest BCUT2D eigenvalue weighted by Crippen LogP contribution is -2.40. The number of nitrogens with one attached hydrogen (secondary N) is 2. The van der Waals surface area contributed by atoms with Crippen molar-refractivity contribution < 1.29 is 35.6 Å². The van der Waals surface area contributed by atoms with Gasteiger partial charge in [0.2, 0.25) is 5.91 Å². The maximum Gasteiger partial charge on any atom is 0.416 e. The van der Waals surface area contributed by atoms with Gasteiger partial charge in [0.05, 0.1) is 21.9 Å². The number of rotatable bonds is 9. The molecule has 2 heterocycles. The molecule has 0 aliphatic heterocycles. The molecule has 8 nitrogen and oxygen atoms in total. The fourth-order valence-corrected chi connectivity index (χ4v) is 5.52. The smallest absolute Gasteiger partial charge is 0.416 e. The van der Waals surface area contributed by atoms with Gasteiger partial charge in [-0.05, 0) is 48.4 Å². The van der Waals surface area contributed by atoms with Crippen LogP contribution in [0.5, 0.6) is 0 Å². The molecule has 0 saturated carbocycles. The Morgan fingerprint density at radius 1 is 1.05 bits per heavy atom. The van der Waals surface area contributed by atoms with E-state index in [9.17, 15) is 31.2 Å². The van der Waals surface area contributed by atoms with Gasteiger partial charge >= 0.3 is 6.18 Å². The van der Waals surface area contributed by atoms with Crippen LogP contribution in [0.1, 0.15) is 65.4 Å². The van der Waals surface area contributed by atoms with Crippen LogP contribution in [-0.4, -0.2) is 31.0 Å². The number of furan rings is 1. The van der Waals surface area contributed by atoms with Crippen LogP contribution in [-0.2, 0) is 33.6 Å². The molecule has 2 aromatic heterocycles. The van der Waals surface area contributed by atoms with Crippen LogP contribution in [0.4, 0.5) is 13.2 Å². The molecule has 2 N–H and O–H groups in total. The average Bonchev–Trinajstić information content (AvgIpc) is 3.29. The molecule has 1 unspecified atom stereocenters. The Kier molecular flexibility index (Phi) is 8.98. The van der Waals surface area contributed by atoms with Gasteiger partial charge in [-0.15, -0.1) is 0 Å². The molecular formula is C29H27ClF3N3O5S. The molecule has 0 aliphatic carbocycles. The summed E-state index contributed by atoms with van der Waals surface area (Å²) < 4.78 is 71.2. The largest absolute Gasteiger partial charge is 0.460 e. The summed E-state index contributed by atoms with van der Waals surface area (Å²) in [5.74, 6) is -0.845. The van der Waals surface area contributed by atoms with E-state index >= 15 is 0 Å². The van der Waals surface area contributed by atoms with Gasteiger partial charge in [-0.1, -0.05) is 37.6 Å². The zero-order valence-corrected chi connectivity index (χ0v) is 24.4. The van der Waals surface area contributed by atoms with Crippen LogP contribution >= 0.6 is 11.6 Å². The van der Waals surface area contributed by atoms with Gasteiger partial charge in [0.15, 0.2) is 9.84 Å². The van der Waals surface area contributed by atoms with E-state index in [1.54, 1.807) is 6.07 Å². The van der Waals surface area contributed by atoms with Crippen molar-refractivity contribution in [3.63, 3.8) is 0 Å². The van der Waals surface area contributed by atoms with Crippen molar-refractivity contribution in [1.82, 2.24) is 15.6 Å². The lowest BCUT2D eigenvalue weighted by molar-refractivity contribution is -0.138. The van der Waals surface area contributed by atoms with Crippen LogP contribution in [0.3, 0.4) is 0 Å². The third-order valence-corrected chi connectivity index (χ3v) is 8.59. The molecule has 13 heteroatoms. The number of nitrogens with zero attached hydrogens (tertiary/aromatic N) is 1. The molecule has 0 fully saturated rings. The number of benzene rings is 2. The summed E-state index contributed by atoms with van der Waals surface area (Å²) >= 11 is 5.82. The highest BCUT2D eigenvalue weighted by molar-refractivity contribution is 7.91. The van der Waals surface area contributed by atoms with Crippen molar-refractivity contribution in [3.05, 3.63) is 93.5 Å². The highest BCUT2D eigenvalue weighted by atomic mass is 35.5. The van der Waals surface area contributed by atoms with Crippen LogP contribution in [0.2, 0.25) is 5.02 Å². The number of aromatic nitrogens is 1. The number of aryl methyl sites for hydroxylation is 1. The van der Waals surface area contributed by atoms with Gasteiger partial charge in [-0.3, -0.25) is 14.6 Å². The van der Waals surface area contributed by atoms with E-state index in [-0.39, 0.29) is 38.9 Å². The number of hydrogen-bond acceptors (Lipinski definition) is 6. The van der Waals surface area contributed by atoms with E-state index in [1.165, 1.54) is 50.2 Å². The molecule has 0 aliphatic rings. The van der Waals surface area contributed by atoms with E-state index < -0.39 is 39.6 Å². The minimum atomic E-state index is -4.60. The summed E-state index contributed by atoms with van der Waals surface area (Å²) in [4.78, 5) is 29.2. The molecule has 2 amide bonds. The maximum atomic E-state index is 13.7. The summed E-state index contributed by atoms with van der Waals surface area (Å²) in [6.07, 6.45) is -4.18. The second-order valence-corrected chi connectivity index (χ2v) is 12.2. The Bertz CT molecular complexity index is 1750. The number of halogens is 4. The van der Waals surface area contributed by atoms with Crippen molar-refractivity contribution in [2.45, 2.75) is 50.9 Å². The number of fused-ring (bicyclic) bond motifs is 1. The van der Waals surface area contributed by atoms with Crippen molar-refractivity contribution in [1.29, 1.82) is 0 Å². The SMILES string of the molecule is CCc1c(Cc2ccc(Cl)cc2C(F)(F)F)oc2cc(C(=O)NC(NC(C)=O)c3ccc(S(=O)(=O)CC)cn3)ccc12. The van der Waals surface area contributed by atoms with Gasteiger partial charge < -0.3 is 15.1 Å². The number of pyridine rings is 1. The first-order valence-corrected chi connectivity index (χ1v) is 14.9. The van der Waals surface area contributed by atoms with Crippen molar-refractivity contribution in [2.24, 2.45) is 0 Å². The lowest BCUT2D eigenvalue weighted by Gasteiger charge is -2.19. The second kappa shape index (κ2) is 12.1. The summed E-state index contributed by atoms with van der Waals surface area (Å²) in [5.41, 5.74) is 0.528. The fourth-order valence-electron chi connectivity index (χ4n) is 4.53. The van der Waals surface area contributed by atoms with Crippen molar-refractivity contribution in [3.8, 4) is 0 Å². The Morgan fingerprint density at radius 2 is 1.79 bits per heavy atom. The van der Waals surface area contributed by atoms with E-state index in [0.29, 0.717) is 28.7 Å². The zero-order chi connectivity index (χ0) is 30.8. The third kappa shape index (κ3) is 6.76. The third-order valence-electron chi connectivity index (χ3n) is 6.64. The normalized spacial score (nSPS) is 12.7. The first-order valence-electron chi connectivity index (χ1n) is 12.9. The van der Waals surface area contributed by atoms with Crippen molar-refractivity contribution in [2.75, 3.05) is 5.75 Å². The Morgan fingerprint density at radius 3 is 2.38 bits per heavy atom. The number of sulfone groups is 1. The molecule has 42 heavy (non-hydrogen) atoms. The summed E-state index contributed by atoms with van der Waals surface area (Å²) in [5, 5.41) is 5.85. The Labute approximate surface area is 245 Å². The topological polar surface area (TPSA) is 118 Å².